The van der Waals surface area contributed by atoms with Gasteiger partial charge in [-0.1, -0.05) is 5.16 Å². The molecule has 0 aromatic rings. The van der Waals surface area contributed by atoms with Crippen LogP contribution in [0.3, 0.4) is 0 Å². The van der Waals surface area contributed by atoms with Gasteiger partial charge in [0.25, 0.3) is 0 Å². The van der Waals surface area contributed by atoms with Crippen molar-refractivity contribution in [1.82, 2.24) is 0 Å². The van der Waals surface area contributed by atoms with Gasteiger partial charge in [-0.25, -0.2) is 0 Å². The van der Waals surface area contributed by atoms with Gasteiger partial charge in [0.1, 0.15) is 6.61 Å². The minimum absolute atomic E-state index is 0.0113. The number of hydrogen-bond acceptors (Lipinski definition) is 3. The van der Waals surface area contributed by atoms with E-state index in [1.807, 2.05) is 0 Å². The molecule has 3 heteroatoms. The summed E-state index contributed by atoms with van der Waals surface area (Å²) in [6.07, 6.45) is 1.03. The van der Waals surface area contributed by atoms with Crippen molar-refractivity contribution in [2.75, 3.05) is 13.2 Å². The van der Waals surface area contributed by atoms with E-state index in [0.29, 0.717) is 12.5 Å². The van der Waals surface area contributed by atoms with Crippen molar-refractivity contribution in [1.29, 1.82) is 0 Å². The van der Waals surface area contributed by atoms with Gasteiger partial charge >= 0.3 is 0 Å². The highest BCUT2D eigenvalue weighted by molar-refractivity contribution is 5.89. The standard InChI is InChI=1S/C8H13NO2/c1-8(2)3-6-4-11-9-7(6)5-10-8/h6H,3-5H2,1-2H3/t6-/m0/s1. The summed E-state index contributed by atoms with van der Waals surface area (Å²) in [6.45, 7) is 5.63. The molecule has 1 atom stereocenters. The van der Waals surface area contributed by atoms with Gasteiger partial charge in [0.15, 0.2) is 0 Å². The highest BCUT2D eigenvalue weighted by Gasteiger charge is 2.36. The molecule has 0 unspecified atom stereocenters. The molecule has 2 aliphatic rings. The molecule has 1 saturated heterocycles. The van der Waals surface area contributed by atoms with Gasteiger partial charge in [-0.05, 0) is 20.3 Å². The molecule has 2 heterocycles. The minimum Gasteiger partial charge on any atom is -0.395 e. The summed E-state index contributed by atoms with van der Waals surface area (Å²) in [4.78, 5) is 4.99. The Balaban J connectivity index is 2.10. The summed E-state index contributed by atoms with van der Waals surface area (Å²) in [7, 11) is 0. The van der Waals surface area contributed by atoms with Crippen molar-refractivity contribution < 1.29 is 9.57 Å². The zero-order valence-electron chi connectivity index (χ0n) is 6.96. The predicted molar refractivity (Wildman–Crippen MR) is 41.5 cm³/mol. The first-order valence-corrected chi connectivity index (χ1v) is 4.00. The second-order valence-electron chi connectivity index (χ2n) is 3.83. The molecule has 0 aromatic carbocycles. The molecule has 11 heavy (non-hydrogen) atoms. The summed E-state index contributed by atoms with van der Waals surface area (Å²) in [5.41, 5.74) is 1.10. The van der Waals surface area contributed by atoms with Crippen LogP contribution in [0.5, 0.6) is 0 Å². The Morgan fingerprint density at radius 2 is 2.36 bits per heavy atom. The summed E-state index contributed by atoms with van der Waals surface area (Å²) < 4.78 is 5.57. The van der Waals surface area contributed by atoms with Crippen molar-refractivity contribution in [3.63, 3.8) is 0 Å². The fraction of sp³-hybridized carbons (Fsp3) is 0.875. The van der Waals surface area contributed by atoms with Crippen LogP contribution in [0.15, 0.2) is 5.16 Å². The molecular weight excluding hydrogens is 142 g/mol. The highest BCUT2D eigenvalue weighted by Crippen LogP contribution is 2.29. The van der Waals surface area contributed by atoms with Crippen LogP contribution >= 0.6 is 0 Å². The van der Waals surface area contributed by atoms with Gasteiger partial charge < -0.3 is 9.57 Å². The van der Waals surface area contributed by atoms with E-state index in [2.05, 4.69) is 19.0 Å². The average Bonchev–Trinajstić information content (AvgIpc) is 2.31. The van der Waals surface area contributed by atoms with Gasteiger partial charge in [-0.15, -0.1) is 0 Å². The number of nitrogens with zero attached hydrogens (tertiary/aromatic N) is 1. The van der Waals surface area contributed by atoms with Gasteiger partial charge in [-0.2, -0.15) is 0 Å². The van der Waals surface area contributed by atoms with Gasteiger partial charge in [-0.3, -0.25) is 0 Å². The molecule has 0 amide bonds. The molecular formula is C8H13NO2. The van der Waals surface area contributed by atoms with E-state index in [9.17, 15) is 0 Å². The largest absolute Gasteiger partial charge is 0.395 e. The SMILES string of the molecule is CC1(C)C[C@H]2CON=C2CO1. The van der Waals surface area contributed by atoms with Crippen LogP contribution in [-0.4, -0.2) is 24.5 Å². The maximum Gasteiger partial charge on any atom is 0.125 e. The highest BCUT2D eigenvalue weighted by atomic mass is 16.6. The van der Waals surface area contributed by atoms with E-state index in [1.54, 1.807) is 0 Å². The zero-order valence-corrected chi connectivity index (χ0v) is 6.96. The monoisotopic (exact) mass is 155 g/mol. The predicted octanol–water partition coefficient (Wildman–Crippen LogP) is 1.19. The zero-order chi connectivity index (χ0) is 7.90. The summed E-state index contributed by atoms with van der Waals surface area (Å²) >= 11 is 0. The fourth-order valence-corrected chi connectivity index (χ4v) is 1.62. The second-order valence-corrected chi connectivity index (χ2v) is 3.83. The Kier molecular flexibility index (Phi) is 1.42. The van der Waals surface area contributed by atoms with Crippen LogP contribution in [0.2, 0.25) is 0 Å². The number of oxime groups is 1. The Morgan fingerprint density at radius 1 is 1.55 bits per heavy atom. The van der Waals surface area contributed by atoms with Crippen molar-refractivity contribution in [3.05, 3.63) is 0 Å². The molecule has 0 saturated carbocycles. The van der Waals surface area contributed by atoms with E-state index in [-0.39, 0.29) is 5.60 Å². The first-order chi connectivity index (χ1) is 5.17. The average molecular weight is 155 g/mol. The Bertz CT molecular complexity index is 198. The summed E-state index contributed by atoms with van der Waals surface area (Å²) in [5, 5.41) is 3.91. The van der Waals surface area contributed by atoms with Crippen LogP contribution in [0.4, 0.5) is 0 Å². The lowest BCUT2D eigenvalue weighted by molar-refractivity contribution is -0.0263. The van der Waals surface area contributed by atoms with Gasteiger partial charge in [0.05, 0.1) is 17.9 Å². The van der Waals surface area contributed by atoms with Crippen LogP contribution in [0, 0.1) is 5.92 Å². The smallest absolute Gasteiger partial charge is 0.125 e. The molecule has 3 nitrogen and oxygen atoms in total. The third kappa shape index (κ3) is 1.25. The lowest BCUT2D eigenvalue weighted by Crippen LogP contribution is -2.39. The van der Waals surface area contributed by atoms with Gasteiger partial charge in [0, 0.05) is 5.92 Å². The quantitative estimate of drug-likeness (QED) is 0.526. The van der Waals surface area contributed by atoms with Crippen LogP contribution < -0.4 is 0 Å². The molecule has 62 valence electrons. The van der Waals surface area contributed by atoms with Gasteiger partial charge in [0.2, 0.25) is 0 Å². The summed E-state index contributed by atoms with van der Waals surface area (Å²) in [5.74, 6) is 0.513. The van der Waals surface area contributed by atoms with Crippen molar-refractivity contribution in [2.45, 2.75) is 25.9 Å². The maximum atomic E-state index is 5.57. The Morgan fingerprint density at radius 3 is 3.18 bits per heavy atom. The van der Waals surface area contributed by atoms with E-state index in [4.69, 9.17) is 9.57 Å². The molecule has 0 N–H and O–H groups in total. The number of rotatable bonds is 0. The third-order valence-corrected chi connectivity index (χ3v) is 2.28. The van der Waals surface area contributed by atoms with E-state index in [0.717, 1.165) is 18.7 Å². The Hall–Kier alpha value is -0.570. The Labute approximate surface area is 66.4 Å². The normalized spacial score (nSPS) is 34.0. The van der Waals surface area contributed by atoms with E-state index < -0.39 is 0 Å². The molecule has 1 fully saturated rings. The van der Waals surface area contributed by atoms with Crippen molar-refractivity contribution in [3.8, 4) is 0 Å². The molecule has 2 rings (SSSR count). The lowest BCUT2D eigenvalue weighted by Gasteiger charge is -2.32. The van der Waals surface area contributed by atoms with E-state index in [1.165, 1.54) is 0 Å². The fourth-order valence-electron chi connectivity index (χ4n) is 1.62. The number of hydrogen-bond donors (Lipinski definition) is 0. The molecule has 0 spiro atoms. The number of ether oxygens (including phenoxy) is 1. The topological polar surface area (TPSA) is 30.8 Å². The molecule has 0 bridgehead atoms. The molecule has 0 aliphatic carbocycles. The molecule has 0 aromatic heterocycles. The first kappa shape index (κ1) is 7.10. The minimum atomic E-state index is 0.0113. The van der Waals surface area contributed by atoms with Crippen molar-refractivity contribution >= 4 is 5.71 Å². The maximum absolute atomic E-state index is 5.57. The van der Waals surface area contributed by atoms with Crippen molar-refractivity contribution in [2.24, 2.45) is 11.1 Å². The van der Waals surface area contributed by atoms with Crippen LogP contribution in [-0.2, 0) is 9.57 Å². The van der Waals surface area contributed by atoms with E-state index >= 15 is 0 Å². The first-order valence-electron chi connectivity index (χ1n) is 4.00. The molecule has 2 aliphatic heterocycles. The second kappa shape index (κ2) is 2.21. The number of fused-ring (bicyclic) bond motifs is 1. The lowest BCUT2D eigenvalue weighted by atomic mass is 9.88. The summed E-state index contributed by atoms with van der Waals surface area (Å²) in [6, 6.07) is 0. The van der Waals surface area contributed by atoms with Crippen LogP contribution in [0.25, 0.3) is 0 Å². The third-order valence-electron chi connectivity index (χ3n) is 2.28. The molecule has 0 radical (unpaired) electrons. The van der Waals surface area contributed by atoms with Crippen LogP contribution in [0.1, 0.15) is 20.3 Å².